The van der Waals surface area contributed by atoms with Crippen molar-refractivity contribution in [2.45, 2.75) is 0 Å². The van der Waals surface area contributed by atoms with E-state index < -0.39 is 0 Å². The monoisotopic (exact) mass is 223 g/mol. The lowest BCUT2D eigenvalue weighted by atomic mass is 10.2. The molecule has 1 heterocycles. The molecule has 0 spiro atoms. The molecule has 0 aliphatic carbocycles. The molecular formula is C9H6BrNO. The second kappa shape index (κ2) is 2.75. The zero-order valence-electron chi connectivity index (χ0n) is 6.20. The van der Waals surface area contributed by atoms with Gasteiger partial charge in [-0.1, -0.05) is 18.2 Å². The maximum Gasteiger partial charge on any atom is 0.267 e. The van der Waals surface area contributed by atoms with E-state index in [4.69, 9.17) is 0 Å². The van der Waals surface area contributed by atoms with Crippen LogP contribution in [0.3, 0.4) is 0 Å². The van der Waals surface area contributed by atoms with Crippen molar-refractivity contribution in [3.63, 3.8) is 0 Å². The smallest absolute Gasteiger partial charge is 0.267 e. The predicted octanol–water partition coefficient (Wildman–Crippen LogP) is 2.24. The molecule has 0 bridgehead atoms. The van der Waals surface area contributed by atoms with Crippen molar-refractivity contribution in [2.24, 2.45) is 0 Å². The summed E-state index contributed by atoms with van der Waals surface area (Å²) in [4.78, 5) is 0. The minimum absolute atomic E-state index is 0.570. The summed E-state index contributed by atoms with van der Waals surface area (Å²) in [6.45, 7) is 0. The molecule has 2 aromatic rings. The lowest BCUT2D eigenvalue weighted by molar-refractivity contribution is -0.615. The number of benzene rings is 1. The van der Waals surface area contributed by atoms with Crippen LogP contribution in [0.1, 0.15) is 0 Å². The Morgan fingerprint density at radius 2 is 1.92 bits per heavy atom. The van der Waals surface area contributed by atoms with Crippen LogP contribution in [0.25, 0.3) is 10.8 Å². The second-order valence-corrected chi connectivity index (χ2v) is 3.27. The highest BCUT2D eigenvalue weighted by molar-refractivity contribution is 9.10. The molecule has 0 atom stereocenters. The van der Waals surface area contributed by atoms with E-state index >= 15 is 0 Å². The van der Waals surface area contributed by atoms with E-state index in [2.05, 4.69) is 15.9 Å². The van der Waals surface area contributed by atoms with Gasteiger partial charge in [-0.15, -0.1) is 0 Å². The number of fused-ring (bicyclic) bond motifs is 1. The van der Waals surface area contributed by atoms with E-state index in [0.717, 1.165) is 15.5 Å². The summed E-state index contributed by atoms with van der Waals surface area (Å²) >= 11 is 3.23. The Morgan fingerprint density at radius 3 is 2.75 bits per heavy atom. The average molecular weight is 224 g/mol. The van der Waals surface area contributed by atoms with Crippen molar-refractivity contribution in [1.29, 1.82) is 0 Å². The van der Waals surface area contributed by atoms with Gasteiger partial charge in [-0.3, -0.25) is 0 Å². The molecule has 3 heteroatoms. The highest BCUT2D eigenvalue weighted by Gasteiger charge is 2.05. The topological polar surface area (TPSA) is 26.9 Å². The lowest BCUT2D eigenvalue weighted by Gasteiger charge is -2.01. The minimum Gasteiger partial charge on any atom is -0.618 e. The summed E-state index contributed by atoms with van der Waals surface area (Å²) in [5.74, 6) is 0. The van der Waals surface area contributed by atoms with Gasteiger partial charge in [0.2, 0.25) is 0 Å². The quantitative estimate of drug-likeness (QED) is 0.383. The molecule has 0 radical (unpaired) electrons. The zero-order chi connectivity index (χ0) is 8.55. The van der Waals surface area contributed by atoms with Crippen LogP contribution in [-0.2, 0) is 0 Å². The van der Waals surface area contributed by atoms with Gasteiger partial charge in [0.15, 0.2) is 6.20 Å². The molecule has 0 N–H and O–H groups in total. The Balaban J connectivity index is 2.91. The average Bonchev–Trinajstić information content (AvgIpc) is 2.12. The number of rotatable bonds is 0. The first-order valence-corrected chi connectivity index (χ1v) is 4.35. The van der Waals surface area contributed by atoms with Gasteiger partial charge in [-0.2, -0.15) is 4.73 Å². The molecule has 0 saturated heterocycles. The fraction of sp³-hybridized carbons (Fsp3) is 0. The third kappa shape index (κ3) is 1.06. The van der Waals surface area contributed by atoms with Crippen LogP contribution in [0.5, 0.6) is 0 Å². The Morgan fingerprint density at radius 1 is 1.17 bits per heavy atom. The molecule has 0 saturated carbocycles. The summed E-state index contributed by atoms with van der Waals surface area (Å²) in [5, 5.41) is 13.1. The minimum atomic E-state index is 0.570. The largest absolute Gasteiger partial charge is 0.618 e. The molecule has 60 valence electrons. The summed E-state index contributed by atoms with van der Waals surface area (Å²) in [6, 6.07) is 9.54. The van der Waals surface area contributed by atoms with Crippen molar-refractivity contribution in [3.05, 3.63) is 46.3 Å². The van der Waals surface area contributed by atoms with Crippen LogP contribution in [-0.4, -0.2) is 0 Å². The first kappa shape index (κ1) is 7.55. The molecule has 1 aromatic carbocycles. The number of hydrogen-bond acceptors (Lipinski definition) is 1. The summed E-state index contributed by atoms with van der Waals surface area (Å²) in [5.41, 5.74) is 0. The number of hydrogen-bond donors (Lipinski definition) is 0. The van der Waals surface area contributed by atoms with E-state index in [-0.39, 0.29) is 0 Å². The Hall–Kier alpha value is -1.09. The van der Waals surface area contributed by atoms with Crippen LogP contribution < -0.4 is 4.73 Å². The van der Waals surface area contributed by atoms with Gasteiger partial charge in [0.1, 0.15) is 0 Å². The van der Waals surface area contributed by atoms with Crippen molar-refractivity contribution in [2.75, 3.05) is 0 Å². The first-order chi connectivity index (χ1) is 5.79. The summed E-state index contributed by atoms with van der Waals surface area (Å²) in [7, 11) is 0. The van der Waals surface area contributed by atoms with Gasteiger partial charge in [-0.25, -0.2) is 0 Å². The SMILES string of the molecule is [O-][n+]1ccc2ccccc2c1Br. The van der Waals surface area contributed by atoms with Crippen molar-refractivity contribution in [1.82, 2.24) is 0 Å². The fourth-order valence-electron chi connectivity index (χ4n) is 1.16. The third-order valence-electron chi connectivity index (χ3n) is 1.77. The van der Waals surface area contributed by atoms with Crippen LogP contribution in [0, 0.1) is 5.21 Å². The normalized spacial score (nSPS) is 10.4. The maximum atomic E-state index is 11.1. The van der Waals surface area contributed by atoms with E-state index in [1.165, 1.54) is 6.20 Å². The summed E-state index contributed by atoms with van der Waals surface area (Å²) < 4.78 is 1.38. The molecule has 2 nitrogen and oxygen atoms in total. The first-order valence-electron chi connectivity index (χ1n) is 3.55. The molecule has 1 aromatic heterocycles. The Bertz CT molecular complexity index is 428. The molecule has 0 aliphatic rings. The van der Waals surface area contributed by atoms with Gasteiger partial charge >= 0.3 is 0 Å². The molecule has 12 heavy (non-hydrogen) atoms. The van der Waals surface area contributed by atoms with Crippen molar-refractivity contribution >= 4 is 26.7 Å². The molecule has 0 unspecified atom stereocenters. The standard InChI is InChI=1S/C9H6BrNO/c10-9-8-4-2-1-3-7(8)5-6-11(9)12/h1-6H. The van der Waals surface area contributed by atoms with Crippen LogP contribution in [0.15, 0.2) is 41.1 Å². The van der Waals surface area contributed by atoms with Crippen molar-refractivity contribution < 1.29 is 4.73 Å². The predicted molar refractivity (Wildman–Crippen MR) is 50.6 cm³/mol. The van der Waals surface area contributed by atoms with E-state index in [1.807, 2.05) is 24.3 Å². The fourth-order valence-corrected chi connectivity index (χ4v) is 1.64. The Kier molecular flexibility index (Phi) is 1.73. The number of halogens is 1. The van der Waals surface area contributed by atoms with Gasteiger partial charge in [0.25, 0.3) is 4.60 Å². The summed E-state index contributed by atoms with van der Waals surface area (Å²) in [6.07, 6.45) is 1.49. The molecule has 0 amide bonds. The van der Waals surface area contributed by atoms with E-state index in [0.29, 0.717) is 4.60 Å². The van der Waals surface area contributed by atoms with Gasteiger partial charge in [0.05, 0.1) is 5.39 Å². The molecule has 0 aliphatic heterocycles. The Labute approximate surface area is 78.2 Å². The number of nitrogens with zero attached hydrogens (tertiary/aromatic N) is 1. The van der Waals surface area contributed by atoms with Gasteiger partial charge < -0.3 is 5.21 Å². The lowest BCUT2D eigenvalue weighted by Crippen LogP contribution is -2.26. The van der Waals surface area contributed by atoms with Crippen LogP contribution in [0.4, 0.5) is 0 Å². The highest BCUT2D eigenvalue weighted by Crippen LogP contribution is 2.18. The zero-order valence-corrected chi connectivity index (χ0v) is 7.78. The van der Waals surface area contributed by atoms with Crippen molar-refractivity contribution in [3.8, 4) is 0 Å². The third-order valence-corrected chi connectivity index (χ3v) is 2.54. The van der Waals surface area contributed by atoms with Crippen LogP contribution >= 0.6 is 15.9 Å². The number of pyridine rings is 1. The van der Waals surface area contributed by atoms with Crippen LogP contribution in [0.2, 0.25) is 0 Å². The second-order valence-electron chi connectivity index (χ2n) is 2.52. The highest BCUT2D eigenvalue weighted by atomic mass is 79.9. The molecule has 2 rings (SSSR count). The maximum absolute atomic E-state index is 11.1. The molecule has 0 fully saturated rings. The van der Waals surface area contributed by atoms with E-state index in [9.17, 15) is 5.21 Å². The van der Waals surface area contributed by atoms with E-state index in [1.54, 1.807) is 6.07 Å². The number of aromatic nitrogens is 1. The van der Waals surface area contributed by atoms with Gasteiger partial charge in [-0.05, 0) is 11.5 Å². The van der Waals surface area contributed by atoms with Gasteiger partial charge in [0, 0.05) is 22.0 Å². The molecular weight excluding hydrogens is 218 g/mol.